The lowest BCUT2D eigenvalue weighted by Gasteiger charge is -2.35. The molecule has 1 aliphatic rings. The van der Waals surface area contributed by atoms with Gasteiger partial charge in [-0.3, -0.25) is 62.5 Å². The van der Waals surface area contributed by atoms with E-state index >= 15 is 14.4 Å². The summed E-state index contributed by atoms with van der Waals surface area (Å²) in [6.07, 6.45) is -6.10. The van der Waals surface area contributed by atoms with E-state index in [1.165, 1.54) is 45.2 Å². The molecule has 530 valence electrons. The van der Waals surface area contributed by atoms with Crippen LogP contribution in [0.15, 0.2) is 29.3 Å². The largest absolute Gasteiger partial charge is 0.497 e. The molecule has 1 fully saturated rings. The number of nitrogens with two attached hydrogens (primary N) is 4. The summed E-state index contributed by atoms with van der Waals surface area (Å²) in [6.45, 7) is 19.1. The quantitative estimate of drug-likeness (QED) is 0.0293. The first kappa shape index (κ1) is 81.8. The Morgan fingerprint density at radius 3 is 1.68 bits per heavy atom. The maximum absolute atomic E-state index is 15.6. The molecule has 2 rings (SSSR count). The first-order chi connectivity index (χ1) is 43.6. The van der Waals surface area contributed by atoms with Gasteiger partial charge in [0.25, 0.3) is 0 Å². The Morgan fingerprint density at radius 2 is 1.17 bits per heavy atom. The minimum atomic E-state index is -2.57. The van der Waals surface area contributed by atoms with E-state index in [1.54, 1.807) is 48.5 Å². The SMILES string of the molecule is CC[C@H](C)[C@@H]1NC(=O)[C@@H](CCCN=C(N)N)NC(=O)[C@H](CC(C)C)NC(=O)[C@H]([C@H](O)C(C)C)NC(=O)[C@@H](NC(=O)[C@H](CC(C)(C)C)NC(=O)[C@H](N)CC(C)(C)C)[C@@H](c2ccc(OC)cc2)NC(=O)[C@H](CO)NC(=O)[C@H]([C@H](O)C(N)=O)NC(=O)CNC(=O)[C@H]([C@H](C)O)NC1=O. The minimum absolute atomic E-state index is 0.0268. The monoisotopic (exact) mass is 1330 g/mol. The van der Waals surface area contributed by atoms with Crippen molar-refractivity contribution in [3.63, 3.8) is 0 Å². The third-order valence-electron chi connectivity index (χ3n) is 15.1. The van der Waals surface area contributed by atoms with Gasteiger partial charge in [-0.05, 0) is 85.3 Å². The van der Waals surface area contributed by atoms with Gasteiger partial charge in [0.15, 0.2) is 12.1 Å². The van der Waals surface area contributed by atoms with Crippen molar-refractivity contribution in [3.8, 4) is 5.75 Å². The fraction of sp³-hybridized carbons (Fsp3) is 0.689. The van der Waals surface area contributed by atoms with Gasteiger partial charge in [-0.25, -0.2) is 0 Å². The maximum Gasteiger partial charge on any atom is 0.248 e. The molecule has 1 aromatic rings. The van der Waals surface area contributed by atoms with Crippen LogP contribution in [0.1, 0.15) is 140 Å². The van der Waals surface area contributed by atoms with Crippen molar-refractivity contribution in [2.24, 2.45) is 56.5 Å². The van der Waals surface area contributed by atoms with Gasteiger partial charge in [-0.2, -0.15) is 0 Å². The van der Waals surface area contributed by atoms with E-state index in [9.17, 15) is 63.6 Å². The zero-order chi connectivity index (χ0) is 71.9. The summed E-state index contributed by atoms with van der Waals surface area (Å²) in [4.78, 5) is 176. The van der Waals surface area contributed by atoms with Gasteiger partial charge in [0.1, 0.15) is 60.1 Å². The van der Waals surface area contributed by atoms with E-state index in [-0.39, 0.29) is 68.3 Å². The molecule has 33 nitrogen and oxygen atoms in total. The molecule has 0 spiro atoms. The van der Waals surface area contributed by atoms with Crippen molar-refractivity contribution in [2.45, 2.75) is 213 Å². The zero-order valence-electron chi connectivity index (χ0n) is 56.3. The molecule has 0 aromatic heterocycles. The molecule has 12 amide bonds. The number of benzene rings is 1. The maximum atomic E-state index is 15.6. The molecule has 1 saturated heterocycles. The molecule has 0 aliphatic carbocycles. The topological polar surface area (TPSA) is 544 Å². The molecule has 23 N–H and O–H groups in total. The van der Waals surface area contributed by atoms with Crippen LogP contribution in [-0.4, -0.2) is 203 Å². The number of primary amides is 1. The van der Waals surface area contributed by atoms with Crippen molar-refractivity contribution in [3.05, 3.63) is 29.8 Å². The predicted octanol–water partition coefficient (Wildman–Crippen LogP) is -5.07. The second-order valence-corrected chi connectivity index (χ2v) is 26.8. The minimum Gasteiger partial charge on any atom is -0.497 e. The number of hydrogen-bond donors (Lipinski definition) is 19. The van der Waals surface area contributed by atoms with Gasteiger partial charge in [0, 0.05) is 6.54 Å². The van der Waals surface area contributed by atoms with Crippen molar-refractivity contribution < 1.29 is 82.7 Å². The van der Waals surface area contributed by atoms with Gasteiger partial charge in [-0.15, -0.1) is 0 Å². The normalized spacial score (nSPS) is 24.4. The van der Waals surface area contributed by atoms with Crippen molar-refractivity contribution in [2.75, 3.05) is 26.8 Å². The van der Waals surface area contributed by atoms with Crippen LogP contribution in [0.5, 0.6) is 5.75 Å². The number of guanidine groups is 1. The average molecular weight is 1330 g/mol. The molecule has 1 heterocycles. The number of aliphatic hydroxyl groups is 4. The number of hydrogen-bond acceptors (Lipinski definition) is 19. The number of nitrogens with zero attached hydrogens (tertiary/aromatic N) is 1. The smallest absolute Gasteiger partial charge is 0.248 e. The van der Waals surface area contributed by atoms with Crippen LogP contribution in [0.4, 0.5) is 0 Å². The van der Waals surface area contributed by atoms with E-state index in [4.69, 9.17) is 27.7 Å². The van der Waals surface area contributed by atoms with E-state index in [2.05, 4.69) is 58.2 Å². The van der Waals surface area contributed by atoms with Gasteiger partial charge in [-0.1, -0.05) is 102 Å². The summed E-state index contributed by atoms with van der Waals surface area (Å²) >= 11 is 0. The van der Waals surface area contributed by atoms with Gasteiger partial charge in [0.2, 0.25) is 70.9 Å². The first-order valence-electron chi connectivity index (χ1n) is 31.3. The number of methoxy groups -OCH3 is 1. The second-order valence-electron chi connectivity index (χ2n) is 26.8. The van der Waals surface area contributed by atoms with Gasteiger partial charge < -0.3 is 107 Å². The summed E-state index contributed by atoms with van der Waals surface area (Å²) < 4.78 is 5.37. The zero-order valence-corrected chi connectivity index (χ0v) is 56.3. The summed E-state index contributed by atoms with van der Waals surface area (Å²) in [7, 11) is 1.33. The van der Waals surface area contributed by atoms with Crippen LogP contribution < -0.4 is 86.2 Å². The Morgan fingerprint density at radius 1 is 0.649 bits per heavy atom. The van der Waals surface area contributed by atoms with Crippen LogP contribution in [0, 0.1) is 28.6 Å². The molecule has 0 radical (unpaired) electrons. The molecule has 15 atom stereocenters. The predicted molar refractivity (Wildman–Crippen MR) is 344 cm³/mol. The van der Waals surface area contributed by atoms with E-state index in [0.29, 0.717) is 0 Å². The van der Waals surface area contributed by atoms with E-state index in [1.807, 2.05) is 26.1 Å². The fourth-order valence-electron chi connectivity index (χ4n) is 9.79. The molecule has 0 unspecified atom stereocenters. The Hall–Kier alpha value is -8.27. The van der Waals surface area contributed by atoms with Crippen LogP contribution in [-0.2, 0) is 57.5 Å². The number of nitrogens with one attached hydrogen (secondary N) is 11. The number of aliphatic imine (C=N–C) groups is 1. The van der Waals surface area contributed by atoms with Gasteiger partial charge in [0.05, 0.1) is 44.6 Å². The fourth-order valence-corrected chi connectivity index (χ4v) is 9.79. The number of aliphatic hydroxyl groups excluding tert-OH is 4. The Bertz CT molecular complexity index is 2800. The Balaban J connectivity index is 3.21. The summed E-state index contributed by atoms with van der Waals surface area (Å²) in [5.41, 5.74) is 21.6. The third-order valence-corrected chi connectivity index (χ3v) is 15.1. The molecule has 0 bridgehead atoms. The molecule has 0 saturated carbocycles. The molecule has 33 heteroatoms. The van der Waals surface area contributed by atoms with Gasteiger partial charge >= 0.3 is 0 Å². The molecule has 1 aromatic carbocycles. The highest BCUT2D eigenvalue weighted by molar-refractivity contribution is 6.00. The highest BCUT2D eigenvalue weighted by atomic mass is 16.5. The van der Waals surface area contributed by atoms with Crippen LogP contribution >= 0.6 is 0 Å². The van der Waals surface area contributed by atoms with Crippen LogP contribution in [0.2, 0.25) is 0 Å². The molecule has 94 heavy (non-hydrogen) atoms. The summed E-state index contributed by atoms with van der Waals surface area (Å²) in [6, 6.07) is -14.2. The first-order valence-corrected chi connectivity index (χ1v) is 31.3. The molecular formula is C61H104N16O17. The highest BCUT2D eigenvalue weighted by Crippen LogP contribution is 2.26. The average Bonchev–Trinajstić information content (AvgIpc) is 0.820. The van der Waals surface area contributed by atoms with Crippen molar-refractivity contribution in [1.29, 1.82) is 0 Å². The summed E-state index contributed by atoms with van der Waals surface area (Å²) in [5.74, 6) is -16.3. The lowest BCUT2D eigenvalue weighted by Crippen LogP contribution is -2.65. The number of carbonyl (C=O) groups is 12. The lowest BCUT2D eigenvalue weighted by atomic mass is 9.86. The third kappa shape index (κ3) is 27.0. The number of carbonyl (C=O) groups excluding carboxylic acids is 12. The standard InChI is InChI=1S/C61H104N16O17/c1-15-30(6)40-55(90)74-41(31(7)79)54(89)67-26-39(80)72-45(47(82)48(63)83)58(93)71-38(27-78)53(88)75-42(32-18-20-33(94-14)21-19-32)43(76-52(87)37(25-61(11,12)13)70-49(84)34(62)24-60(8,9)10)56(91)77-44(46(81)29(4)5)57(92)69-36(23-28(2)3)51(86)68-35(50(85)73-40)17-16-22-66-59(64)65/h18-21,28-31,34-38,40-47,78-79,81-82H,15-17,22-27,62H2,1-14H3,(H2,63,83)(H,67,89)(H,68,86)(H,69,92)(H,70,84)(H,71,93)(H,72,80)(H,73,85)(H,74,90)(H,75,88)(H,76,87)(H,77,91)(H4,64,65,66)/t30-,31-,34+,35+,36-,37-,38-,40-,41-,42+,43-,44-,45-,46+,47-/m0/s1. The van der Waals surface area contributed by atoms with Crippen molar-refractivity contribution >= 4 is 76.8 Å². The van der Waals surface area contributed by atoms with E-state index in [0.717, 1.165) is 6.92 Å². The Kier molecular flexibility index (Phi) is 32.7. The van der Waals surface area contributed by atoms with E-state index < -0.39 is 191 Å². The van der Waals surface area contributed by atoms with Crippen LogP contribution in [0.3, 0.4) is 0 Å². The lowest BCUT2D eigenvalue weighted by molar-refractivity contribution is -0.140. The number of rotatable bonds is 22. The number of ether oxygens (including phenoxy) is 1. The Labute approximate surface area is 548 Å². The molecule has 1 aliphatic heterocycles. The highest BCUT2D eigenvalue weighted by Gasteiger charge is 2.43. The second kappa shape index (κ2) is 37.6. The molecular weight excluding hydrogens is 1230 g/mol. The summed E-state index contributed by atoms with van der Waals surface area (Å²) in [5, 5.41) is 71.3. The number of amides is 12. The van der Waals surface area contributed by atoms with Crippen molar-refractivity contribution in [1.82, 2.24) is 58.5 Å². The van der Waals surface area contributed by atoms with Crippen LogP contribution in [0.25, 0.3) is 0 Å².